The molecule has 0 aliphatic heterocycles. The first-order chi connectivity index (χ1) is 12.7. The first kappa shape index (κ1) is 17.1. The van der Waals surface area contributed by atoms with E-state index >= 15 is 0 Å². The minimum Gasteiger partial charge on any atom is -0.439 e. The molecule has 0 bridgehead atoms. The average Bonchev–Trinajstić information content (AvgIpc) is 2.68. The normalized spacial score (nSPS) is 15.5. The van der Waals surface area contributed by atoms with Crippen LogP contribution in [0, 0.1) is 0 Å². The van der Waals surface area contributed by atoms with Crippen molar-refractivity contribution in [2.24, 2.45) is 0 Å². The van der Waals surface area contributed by atoms with Crippen LogP contribution in [0.5, 0.6) is 11.6 Å². The van der Waals surface area contributed by atoms with Crippen LogP contribution in [0.2, 0.25) is 0 Å². The highest BCUT2D eigenvalue weighted by Crippen LogP contribution is 2.41. The van der Waals surface area contributed by atoms with Crippen molar-refractivity contribution < 1.29 is 4.74 Å². The third-order valence-electron chi connectivity index (χ3n) is 5.55. The molecule has 2 nitrogen and oxygen atoms in total. The van der Waals surface area contributed by atoms with E-state index in [1.807, 2.05) is 36.5 Å². The average molecular weight is 345 g/mol. The van der Waals surface area contributed by atoms with Gasteiger partial charge in [-0.1, -0.05) is 63.4 Å². The molecule has 1 aromatic heterocycles. The number of benzene rings is 2. The highest BCUT2D eigenvalue weighted by Gasteiger charge is 2.22. The van der Waals surface area contributed by atoms with Crippen molar-refractivity contribution in [3.05, 3.63) is 65.9 Å². The smallest absolute Gasteiger partial charge is 0.219 e. The van der Waals surface area contributed by atoms with Crippen LogP contribution in [0.4, 0.5) is 0 Å². The molecule has 0 radical (unpaired) electrons. The van der Waals surface area contributed by atoms with Crippen molar-refractivity contribution in [2.45, 2.75) is 57.8 Å². The fraction of sp³-hybridized carbons (Fsp3) is 0.375. The molecule has 1 saturated carbocycles. The predicted molar refractivity (Wildman–Crippen MR) is 108 cm³/mol. The van der Waals surface area contributed by atoms with Gasteiger partial charge < -0.3 is 4.74 Å². The summed E-state index contributed by atoms with van der Waals surface area (Å²) in [4.78, 5) is 4.54. The minimum atomic E-state index is 0.531. The Morgan fingerprint density at radius 1 is 0.962 bits per heavy atom. The predicted octanol–water partition coefficient (Wildman–Crippen LogP) is 7.20. The van der Waals surface area contributed by atoms with Crippen LogP contribution in [0.3, 0.4) is 0 Å². The molecule has 1 aliphatic rings. The molecule has 134 valence electrons. The van der Waals surface area contributed by atoms with Gasteiger partial charge in [0, 0.05) is 17.6 Å². The number of nitrogens with zero attached hydrogens (tertiary/aromatic N) is 1. The maximum absolute atomic E-state index is 6.02. The monoisotopic (exact) mass is 345 g/mol. The Bertz CT molecular complexity index is 879. The molecule has 1 heterocycles. The number of para-hydroxylation sites is 1. The molecule has 0 saturated heterocycles. The maximum atomic E-state index is 6.02. The van der Waals surface area contributed by atoms with Crippen molar-refractivity contribution in [3.63, 3.8) is 0 Å². The molecule has 3 aromatic rings. The van der Waals surface area contributed by atoms with Crippen LogP contribution in [0.1, 0.15) is 68.9 Å². The first-order valence-electron chi connectivity index (χ1n) is 9.88. The van der Waals surface area contributed by atoms with E-state index in [2.05, 4.69) is 37.0 Å². The van der Waals surface area contributed by atoms with E-state index in [0.717, 1.165) is 5.75 Å². The molecule has 0 atom stereocenters. The Hall–Kier alpha value is -2.35. The summed E-state index contributed by atoms with van der Waals surface area (Å²) in [6.45, 7) is 4.60. The van der Waals surface area contributed by atoms with Gasteiger partial charge in [-0.2, -0.15) is 0 Å². The Morgan fingerprint density at radius 3 is 2.46 bits per heavy atom. The molecule has 1 fully saturated rings. The molecular formula is C24H27NO. The molecule has 0 N–H and O–H groups in total. The lowest BCUT2D eigenvalue weighted by Gasteiger charge is -2.27. The lowest BCUT2D eigenvalue weighted by molar-refractivity contribution is 0.442. The Kier molecular flexibility index (Phi) is 4.92. The molecule has 0 unspecified atom stereocenters. The van der Waals surface area contributed by atoms with Gasteiger partial charge in [0.05, 0.1) is 0 Å². The number of rotatable bonds is 4. The zero-order chi connectivity index (χ0) is 17.9. The third-order valence-corrected chi connectivity index (χ3v) is 5.55. The molecule has 0 spiro atoms. The summed E-state index contributed by atoms with van der Waals surface area (Å²) in [7, 11) is 0. The van der Waals surface area contributed by atoms with Crippen molar-refractivity contribution in [2.75, 3.05) is 0 Å². The third kappa shape index (κ3) is 3.46. The zero-order valence-corrected chi connectivity index (χ0v) is 15.7. The quantitative estimate of drug-likeness (QED) is 0.499. The van der Waals surface area contributed by atoms with Crippen molar-refractivity contribution in [1.82, 2.24) is 4.98 Å². The van der Waals surface area contributed by atoms with E-state index in [1.165, 1.54) is 54.0 Å². The fourth-order valence-electron chi connectivity index (χ4n) is 4.25. The number of pyridine rings is 1. The molecule has 4 rings (SSSR count). The van der Waals surface area contributed by atoms with Gasteiger partial charge in [0.15, 0.2) is 0 Å². The maximum Gasteiger partial charge on any atom is 0.219 e. The molecule has 26 heavy (non-hydrogen) atoms. The summed E-state index contributed by atoms with van der Waals surface area (Å²) >= 11 is 0. The second-order valence-corrected chi connectivity index (χ2v) is 7.72. The lowest BCUT2D eigenvalue weighted by Crippen LogP contribution is -2.09. The van der Waals surface area contributed by atoms with Crippen LogP contribution < -0.4 is 4.74 Å². The largest absolute Gasteiger partial charge is 0.439 e. The number of aromatic nitrogens is 1. The Balaban J connectivity index is 1.81. The highest BCUT2D eigenvalue weighted by molar-refractivity contribution is 5.87. The van der Waals surface area contributed by atoms with Gasteiger partial charge in [-0.3, -0.25) is 0 Å². The highest BCUT2D eigenvalue weighted by atomic mass is 16.5. The van der Waals surface area contributed by atoms with Crippen LogP contribution in [-0.2, 0) is 0 Å². The topological polar surface area (TPSA) is 22.1 Å². The number of fused-ring (bicyclic) bond motifs is 1. The summed E-state index contributed by atoms with van der Waals surface area (Å²) in [5.74, 6) is 2.71. The molecular weight excluding hydrogens is 318 g/mol. The molecule has 0 amide bonds. The van der Waals surface area contributed by atoms with E-state index in [9.17, 15) is 0 Å². The Labute approximate surface area is 156 Å². The van der Waals surface area contributed by atoms with Gasteiger partial charge in [0.2, 0.25) is 5.88 Å². The SMILES string of the molecule is CC(C)c1ccc2cnc(Oc3ccccc3)cc2c1C1CCCCC1. The fourth-order valence-corrected chi connectivity index (χ4v) is 4.25. The van der Waals surface area contributed by atoms with Gasteiger partial charge in [-0.05, 0) is 53.3 Å². The summed E-state index contributed by atoms with van der Waals surface area (Å²) in [6.07, 6.45) is 8.63. The summed E-state index contributed by atoms with van der Waals surface area (Å²) in [5, 5.41) is 2.54. The Morgan fingerprint density at radius 2 is 1.73 bits per heavy atom. The van der Waals surface area contributed by atoms with Gasteiger partial charge >= 0.3 is 0 Å². The van der Waals surface area contributed by atoms with Gasteiger partial charge in [0.25, 0.3) is 0 Å². The van der Waals surface area contributed by atoms with Crippen LogP contribution in [0.25, 0.3) is 10.8 Å². The molecule has 2 heteroatoms. The van der Waals surface area contributed by atoms with Crippen LogP contribution in [-0.4, -0.2) is 4.98 Å². The number of hydrogen-bond donors (Lipinski definition) is 0. The van der Waals surface area contributed by atoms with Gasteiger partial charge in [-0.25, -0.2) is 4.98 Å². The van der Waals surface area contributed by atoms with Crippen molar-refractivity contribution in [3.8, 4) is 11.6 Å². The standard InChI is InChI=1S/C24H27NO/c1-17(2)21-14-13-19-16-25-23(26-20-11-7-4-8-12-20)15-22(19)24(21)18-9-5-3-6-10-18/h4,7-8,11-18H,3,5-6,9-10H2,1-2H3. The number of hydrogen-bond acceptors (Lipinski definition) is 2. The van der Waals surface area contributed by atoms with Crippen molar-refractivity contribution in [1.29, 1.82) is 0 Å². The van der Waals surface area contributed by atoms with Crippen LogP contribution >= 0.6 is 0 Å². The summed E-state index contributed by atoms with van der Waals surface area (Å²) < 4.78 is 6.02. The van der Waals surface area contributed by atoms with E-state index in [1.54, 1.807) is 0 Å². The lowest BCUT2D eigenvalue weighted by atomic mass is 9.78. The second kappa shape index (κ2) is 7.49. The van der Waals surface area contributed by atoms with Crippen molar-refractivity contribution >= 4 is 10.8 Å². The zero-order valence-electron chi connectivity index (χ0n) is 15.7. The second-order valence-electron chi connectivity index (χ2n) is 7.72. The van der Waals surface area contributed by atoms with Gasteiger partial charge in [0.1, 0.15) is 5.75 Å². The van der Waals surface area contributed by atoms with Gasteiger partial charge in [-0.15, -0.1) is 0 Å². The van der Waals surface area contributed by atoms with Crippen LogP contribution in [0.15, 0.2) is 54.7 Å². The van der Waals surface area contributed by atoms with E-state index < -0.39 is 0 Å². The van der Waals surface area contributed by atoms with E-state index in [0.29, 0.717) is 17.7 Å². The van der Waals surface area contributed by atoms with E-state index in [4.69, 9.17) is 4.74 Å². The minimum absolute atomic E-state index is 0.531. The number of ether oxygens (including phenoxy) is 1. The first-order valence-corrected chi connectivity index (χ1v) is 9.88. The molecule has 1 aliphatic carbocycles. The summed E-state index contributed by atoms with van der Waals surface area (Å²) in [5.41, 5.74) is 3.03. The molecule has 2 aromatic carbocycles. The van der Waals surface area contributed by atoms with E-state index in [-0.39, 0.29) is 0 Å². The summed E-state index contributed by atoms with van der Waals surface area (Å²) in [6, 6.07) is 16.6.